The lowest BCUT2D eigenvalue weighted by molar-refractivity contribution is -0.144. The van der Waals surface area contributed by atoms with Crippen molar-refractivity contribution in [2.45, 2.75) is 45.4 Å². The first-order valence-electron chi connectivity index (χ1n) is 8.35. The molecule has 1 aromatic rings. The van der Waals surface area contributed by atoms with Crippen LogP contribution in [0.1, 0.15) is 32.8 Å². The number of carbonyl (C=O) groups is 2. The molecule has 25 heavy (non-hydrogen) atoms. The summed E-state index contributed by atoms with van der Waals surface area (Å²) in [6.07, 6.45) is 0.0732. The Bertz CT molecular complexity index is 630. The van der Waals surface area contributed by atoms with Crippen molar-refractivity contribution in [1.82, 2.24) is 10.2 Å². The number of halogens is 1. The van der Waals surface area contributed by atoms with Gasteiger partial charge in [0.05, 0.1) is 5.92 Å². The van der Waals surface area contributed by atoms with Crippen molar-refractivity contribution in [3.63, 3.8) is 0 Å². The normalized spacial score (nSPS) is 21.0. The predicted molar refractivity (Wildman–Crippen MR) is 95.6 cm³/mol. The lowest BCUT2D eigenvalue weighted by Crippen LogP contribution is -2.54. The first-order chi connectivity index (χ1) is 11.7. The van der Waals surface area contributed by atoms with Gasteiger partial charge in [-0.2, -0.15) is 0 Å². The highest BCUT2D eigenvalue weighted by molar-refractivity contribution is 6.31. The molecule has 1 saturated heterocycles. The second-order valence-electron chi connectivity index (χ2n) is 7.24. The van der Waals surface area contributed by atoms with Crippen molar-refractivity contribution >= 4 is 23.7 Å². The summed E-state index contributed by atoms with van der Waals surface area (Å²) in [5.74, 6) is -1.62. The maximum atomic E-state index is 12.2. The Morgan fingerprint density at radius 2 is 2.04 bits per heavy atom. The van der Waals surface area contributed by atoms with Gasteiger partial charge in [0.25, 0.3) is 0 Å². The molecular formula is C18H25ClN2O4. The maximum absolute atomic E-state index is 12.2. The van der Waals surface area contributed by atoms with Gasteiger partial charge in [-0.25, -0.2) is 4.79 Å². The second-order valence-corrected chi connectivity index (χ2v) is 7.65. The van der Waals surface area contributed by atoms with Crippen LogP contribution in [0.4, 0.5) is 4.79 Å². The van der Waals surface area contributed by atoms with E-state index in [4.69, 9.17) is 16.3 Å². The van der Waals surface area contributed by atoms with Gasteiger partial charge < -0.3 is 20.1 Å². The van der Waals surface area contributed by atoms with Gasteiger partial charge in [0.1, 0.15) is 5.60 Å². The van der Waals surface area contributed by atoms with E-state index < -0.39 is 23.6 Å². The number of hydrogen-bond acceptors (Lipinski definition) is 4. The summed E-state index contributed by atoms with van der Waals surface area (Å²) in [6, 6.07) is 7.22. The number of piperidine rings is 1. The van der Waals surface area contributed by atoms with Gasteiger partial charge in [-0.1, -0.05) is 29.8 Å². The topological polar surface area (TPSA) is 78.9 Å². The van der Waals surface area contributed by atoms with E-state index in [1.807, 2.05) is 18.2 Å². The fourth-order valence-electron chi connectivity index (χ4n) is 2.82. The zero-order valence-corrected chi connectivity index (χ0v) is 15.5. The number of carboxylic acid groups (broad SMARTS) is 1. The summed E-state index contributed by atoms with van der Waals surface area (Å²) >= 11 is 6.14. The fourth-order valence-corrected chi connectivity index (χ4v) is 3.02. The third-order valence-corrected chi connectivity index (χ3v) is 4.46. The second kappa shape index (κ2) is 8.06. The minimum absolute atomic E-state index is 0.129. The molecule has 1 fully saturated rings. The zero-order chi connectivity index (χ0) is 18.6. The summed E-state index contributed by atoms with van der Waals surface area (Å²) < 4.78 is 5.34. The molecular weight excluding hydrogens is 344 g/mol. The monoisotopic (exact) mass is 368 g/mol. The Morgan fingerprint density at radius 1 is 1.36 bits per heavy atom. The Morgan fingerprint density at radius 3 is 2.64 bits per heavy atom. The third-order valence-electron chi connectivity index (χ3n) is 4.09. The van der Waals surface area contributed by atoms with E-state index in [0.29, 0.717) is 24.5 Å². The first-order valence-corrected chi connectivity index (χ1v) is 8.72. The number of carbonyl (C=O) groups excluding carboxylic acids is 1. The van der Waals surface area contributed by atoms with Crippen molar-refractivity contribution in [2.24, 2.45) is 5.92 Å². The lowest BCUT2D eigenvalue weighted by Gasteiger charge is -2.37. The van der Waals surface area contributed by atoms with Crippen molar-refractivity contribution < 1.29 is 19.4 Å². The van der Waals surface area contributed by atoms with Gasteiger partial charge in [0.2, 0.25) is 0 Å². The molecule has 0 unspecified atom stereocenters. The summed E-state index contributed by atoms with van der Waals surface area (Å²) in [5.41, 5.74) is 0.317. The van der Waals surface area contributed by atoms with E-state index in [1.165, 1.54) is 4.90 Å². The number of nitrogens with one attached hydrogen (secondary N) is 1. The lowest BCUT2D eigenvalue weighted by atomic mass is 9.92. The minimum atomic E-state index is -0.926. The number of rotatable bonds is 4. The molecule has 0 saturated carbocycles. The summed E-state index contributed by atoms with van der Waals surface area (Å²) in [7, 11) is 0. The predicted octanol–water partition coefficient (Wildman–Crippen LogP) is 3.14. The summed E-state index contributed by atoms with van der Waals surface area (Å²) in [4.78, 5) is 25.3. The molecule has 2 N–H and O–H groups in total. The molecule has 1 aliphatic rings. The standard InChI is InChI=1S/C18H25ClN2O4/c1-18(2,3)25-17(24)21-9-8-15(13(11-21)16(22)23)20-10-12-6-4-5-7-14(12)19/h4-7,13,15,20H,8-11H2,1-3H3,(H,22,23)/t13-,15+/m0/s1. The van der Waals surface area contributed by atoms with Crippen LogP contribution in [0.3, 0.4) is 0 Å². The van der Waals surface area contributed by atoms with E-state index in [9.17, 15) is 14.7 Å². The SMILES string of the molecule is CC(C)(C)OC(=O)N1CC[C@@H](NCc2ccccc2Cl)[C@@H](C(=O)O)C1. The summed E-state index contributed by atoms with van der Waals surface area (Å²) in [6.45, 7) is 6.44. The van der Waals surface area contributed by atoms with Crippen molar-refractivity contribution in [2.75, 3.05) is 13.1 Å². The van der Waals surface area contributed by atoms with Crippen LogP contribution in [0.2, 0.25) is 5.02 Å². The maximum Gasteiger partial charge on any atom is 0.410 e. The smallest absolute Gasteiger partial charge is 0.410 e. The molecule has 138 valence electrons. The summed E-state index contributed by atoms with van der Waals surface area (Å²) in [5, 5.41) is 13.5. The van der Waals surface area contributed by atoms with Crippen molar-refractivity contribution in [1.29, 1.82) is 0 Å². The van der Waals surface area contributed by atoms with Crippen LogP contribution in [0.15, 0.2) is 24.3 Å². The number of carboxylic acids is 1. The minimum Gasteiger partial charge on any atom is -0.481 e. The fraction of sp³-hybridized carbons (Fsp3) is 0.556. The van der Waals surface area contributed by atoms with Gasteiger partial charge in [0, 0.05) is 30.7 Å². The van der Waals surface area contributed by atoms with E-state index in [1.54, 1.807) is 26.8 Å². The number of amides is 1. The van der Waals surface area contributed by atoms with Crippen LogP contribution in [-0.4, -0.2) is 46.8 Å². The molecule has 1 aliphatic heterocycles. The van der Waals surface area contributed by atoms with E-state index >= 15 is 0 Å². The van der Waals surface area contributed by atoms with Crippen LogP contribution in [0.25, 0.3) is 0 Å². The Hall–Kier alpha value is -1.79. The van der Waals surface area contributed by atoms with Gasteiger partial charge in [-0.3, -0.25) is 4.79 Å². The molecule has 7 heteroatoms. The first kappa shape index (κ1) is 19.5. The zero-order valence-electron chi connectivity index (χ0n) is 14.8. The van der Waals surface area contributed by atoms with Gasteiger partial charge in [-0.05, 0) is 38.8 Å². The van der Waals surface area contributed by atoms with Crippen LogP contribution in [0, 0.1) is 5.92 Å². The highest BCUT2D eigenvalue weighted by atomic mass is 35.5. The average molecular weight is 369 g/mol. The molecule has 0 bridgehead atoms. The molecule has 6 nitrogen and oxygen atoms in total. The van der Waals surface area contributed by atoms with E-state index in [2.05, 4.69) is 5.32 Å². The van der Waals surface area contributed by atoms with Gasteiger partial charge in [0.15, 0.2) is 0 Å². The highest BCUT2D eigenvalue weighted by Gasteiger charge is 2.37. The third kappa shape index (κ3) is 5.61. The van der Waals surface area contributed by atoms with Gasteiger partial charge in [-0.15, -0.1) is 0 Å². The van der Waals surface area contributed by atoms with Crippen molar-refractivity contribution in [3.8, 4) is 0 Å². The molecule has 0 aliphatic carbocycles. The van der Waals surface area contributed by atoms with Crippen LogP contribution >= 0.6 is 11.6 Å². The van der Waals surface area contributed by atoms with Crippen LogP contribution in [-0.2, 0) is 16.1 Å². The van der Waals surface area contributed by atoms with Crippen molar-refractivity contribution in [3.05, 3.63) is 34.9 Å². The molecule has 2 rings (SSSR count). The molecule has 2 atom stereocenters. The van der Waals surface area contributed by atoms with E-state index in [0.717, 1.165) is 5.56 Å². The number of aliphatic carboxylic acids is 1. The Balaban J connectivity index is 1.98. The molecule has 0 aromatic heterocycles. The number of nitrogens with zero attached hydrogens (tertiary/aromatic N) is 1. The molecule has 1 amide bonds. The van der Waals surface area contributed by atoms with Gasteiger partial charge >= 0.3 is 12.1 Å². The Kier molecular flexibility index (Phi) is 6.30. The number of ether oxygens (including phenoxy) is 1. The molecule has 0 radical (unpaired) electrons. The van der Waals surface area contributed by atoms with Crippen LogP contribution in [0.5, 0.6) is 0 Å². The number of hydrogen-bond donors (Lipinski definition) is 2. The largest absolute Gasteiger partial charge is 0.481 e. The number of likely N-dealkylation sites (tertiary alicyclic amines) is 1. The van der Waals surface area contributed by atoms with E-state index in [-0.39, 0.29) is 12.6 Å². The Labute approximate surface area is 153 Å². The molecule has 1 heterocycles. The number of benzene rings is 1. The van der Waals surface area contributed by atoms with Crippen LogP contribution < -0.4 is 5.32 Å². The average Bonchev–Trinajstić information content (AvgIpc) is 2.52. The molecule has 1 aromatic carbocycles. The molecule has 0 spiro atoms. The highest BCUT2D eigenvalue weighted by Crippen LogP contribution is 2.22. The quantitative estimate of drug-likeness (QED) is 0.853.